The van der Waals surface area contributed by atoms with Gasteiger partial charge in [0.25, 0.3) is 0 Å². The molecule has 0 amide bonds. The number of morpholine rings is 1. The molecule has 0 aliphatic carbocycles. The summed E-state index contributed by atoms with van der Waals surface area (Å²) in [4.78, 5) is 16.6. The molecule has 1 saturated heterocycles. The largest absolute Gasteiger partial charge is 0.465 e. The summed E-state index contributed by atoms with van der Waals surface area (Å²) in [7, 11) is -2.49. The number of carbonyl (C=O) groups excluding carboxylic acids is 1. The molecule has 1 aliphatic rings. The first-order valence-corrected chi connectivity index (χ1v) is 11.8. The smallest absolute Gasteiger partial charge is 0.339 e. The highest BCUT2D eigenvalue weighted by molar-refractivity contribution is 9.10. The molecule has 2 heterocycles. The quantitative estimate of drug-likeness (QED) is 0.508. The molecule has 0 radical (unpaired) electrons. The fourth-order valence-electron chi connectivity index (χ4n) is 3.33. The topological polar surface area (TPSA) is 107 Å². The molecule has 0 saturated carbocycles. The third kappa shape index (κ3) is 4.42. The molecule has 10 heteroatoms. The summed E-state index contributed by atoms with van der Waals surface area (Å²) in [5.41, 5.74) is 1.82. The van der Waals surface area contributed by atoms with Gasteiger partial charge in [0.15, 0.2) is 5.03 Å². The number of nitrogens with one attached hydrogen (secondary N) is 2. The molecule has 1 atom stereocenters. The van der Waals surface area contributed by atoms with E-state index < -0.39 is 21.2 Å². The first kappa shape index (κ1) is 21.7. The average molecular weight is 506 g/mol. The van der Waals surface area contributed by atoms with E-state index in [1.165, 1.54) is 13.2 Å². The van der Waals surface area contributed by atoms with Crippen molar-refractivity contribution in [3.63, 3.8) is 0 Å². The van der Waals surface area contributed by atoms with Gasteiger partial charge in [-0.2, -0.15) is 0 Å². The minimum absolute atomic E-state index is 0.0519. The number of benzene rings is 2. The average Bonchev–Trinajstić information content (AvgIpc) is 2.79. The van der Waals surface area contributed by atoms with E-state index in [1.54, 1.807) is 36.4 Å². The predicted molar refractivity (Wildman–Crippen MR) is 120 cm³/mol. The van der Waals surface area contributed by atoms with Crippen LogP contribution in [0.15, 0.2) is 58.0 Å². The Hall–Kier alpha value is -2.53. The van der Waals surface area contributed by atoms with Crippen LogP contribution in [0.3, 0.4) is 0 Å². The second-order valence-corrected chi connectivity index (χ2v) is 9.89. The Morgan fingerprint density at radius 1 is 1.23 bits per heavy atom. The summed E-state index contributed by atoms with van der Waals surface area (Å²) < 4.78 is 37.4. The van der Waals surface area contributed by atoms with Crippen LogP contribution >= 0.6 is 15.9 Å². The number of nitrogens with zero attached hydrogens (tertiary/aromatic N) is 1. The van der Waals surface area contributed by atoms with Crippen LogP contribution in [0.5, 0.6) is 0 Å². The number of esters is 1. The predicted octanol–water partition coefficient (Wildman–Crippen LogP) is 3.25. The van der Waals surface area contributed by atoms with Gasteiger partial charge in [-0.1, -0.05) is 28.1 Å². The Morgan fingerprint density at radius 2 is 2.03 bits per heavy atom. The third-order valence-corrected chi connectivity index (χ3v) is 7.24. The fraction of sp³-hybridized carbons (Fsp3) is 0.238. The maximum atomic E-state index is 13.2. The van der Waals surface area contributed by atoms with Crippen molar-refractivity contribution in [2.45, 2.75) is 10.4 Å². The lowest BCUT2D eigenvalue weighted by Crippen LogP contribution is -2.46. The lowest BCUT2D eigenvalue weighted by Gasteiger charge is -2.24. The summed E-state index contributed by atoms with van der Waals surface area (Å²) >= 11 is 3.45. The Bertz CT molecular complexity index is 1240. The number of rotatable bonds is 5. The second-order valence-electron chi connectivity index (χ2n) is 6.89. The van der Waals surface area contributed by atoms with Crippen molar-refractivity contribution in [1.29, 1.82) is 0 Å². The van der Waals surface area contributed by atoms with Gasteiger partial charge in [0.1, 0.15) is 5.37 Å². The number of ether oxygens (including phenoxy) is 2. The zero-order chi connectivity index (χ0) is 22.0. The van der Waals surface area contributed by atoms with Crippen LogP contribution in [0.2, 0.25) is 0 Å². The van der Waals surface area contributed by atoms with Gasteiger partial charge < -0.3 is 14.8 Å². The van der Waals surface area contributed by atoms with Crippen molar-refractivity contribution in [3.8, 4) is 0 Å². The third-order valence-electron chi connectivity index (χ3n) is 4.90. The van der Waals surface area contributed by atoms with Crippen molar-refractivity contribution in [1.82, 2.24) is 10.3 Å². The number of methoxy groups -OCH3 is 1. The van der Waals surface area contributed by atoms with Crippen LogP contribution in [0.4, 0.5) is 11.4 Å². The van der Waals surface area contributed by atoms with Crippen LogP contribution in [0.1, 0.15) is 10.4 Å². The van der Waals surface area contributed by atoms with Crippen molar-refractivity contribution in [2.75, 3.05) is 32.2 Å². The number of para-hydroxylation sites is 1. The minimum atomic E-state index is -3.80. The monoisotopic (exact) mass is 505 g/mol. The molecular formula is C21H20BrN3O5S. The van der Waals surface area contributed by atoms with E-state index in [0.717, 1.165) is 4.47 Å². The lowest BCUT2D eigenvalue weighted by molar-refractivity contribution is 0.0602. The summed E-state index contributed by atoms with van der Waals surface area (Å²) in [5, 5.41) is 5.91. The van der Waals surface area contributed by atoms with Crippen LogP contribution in [0.25, 0.3) is 10.9 Å². The molecule has 162 valence electrons. The first-order chi connectivity index (χ1) is 14.9. The Morgan fingerprint density at radius 3 is 2.77 bits per heavy atom. The second kappa shape index (κ2) is 8.91. The maximum Gasteiger partial charge on any atom is 0.339 e. The molecular weight excluding hydrogens is 486 g/mol. The standard InChI is InChI=1S/C21H20BrN3O5S/c1-29-21(26)14-4-2-3-5-16(14)24-18-11-19(25-17-7-6-13(22)10-15(17)18)31(27,28)20-12-30-9-8-23-20/h2-7,10-11,20,23H,8-9,12H2,1H3,(H,24,25). The number of sulfone groups is 1. The molecule has 31 heavy (non-hydrogen) atoms. The number of aromatic nitrogens is 1. The van der Waals surface area contributed by atoms with Gasteiger partial charge in [0, 0.05) is 16.4 Å². The van der Waals surface area contributed by atoms with Crippen molar-refractivity contribution < 1.29 is 22.7 Å². The molecule has 2 N–H and O–H groups in total. The highest BCUT2D eigenvalue weighted by atomic mass is 79.9. The van der Waals surface area contributed by atoms with Gasteiger partial charge in [-0.3, -0.25) is 5.32 Å². The van der Waals surface area contributed by atoms with E-state index in [2.05, 4.69) is 31.5 Å². The van der Waals surface area contributed by atoms with Crippen LogP contribution in [-0.2, 0) is 19.3 Å². The van der Waals surface area contributed by atoms with Crippen molar-refractivity contribution in [2.24, 2.45) is 0 Å². The van der Waals surface area contributed by atoms with E-state index in [4.69, 9.17) is 9.47 Å². The molecule has 1 fully saturated rings. The molecule has 1 unspecified atom stereocenters. The van der Waals surface area contributed by atoms with E-state index >= 15 is 0 Å². The number of hydrogen-bond donors (Lipinski definition) is 2. The van der Waals surface area contributed by atoms with Crippen LogP contribution in [0, 0.1) is 0 Å². The number of pyridine rings is 1. The Kier molecular flexibility index (Phi) is 6.24. The van der Waals surface area contributed by atoms with Gasteiger partial charge in [-0.15, -0.1) is 0 Å². The molecule has 0 bridgehead atoms. The van der Waals surface area contributed by atoms with Gasteiger partial charge in [0.05, 0.1) is 42.8 Å². The molecule has 1 aliphatic heterocycles. The minimum Gasteiger partial charge on any atom is -0.465 e. The van der Waals surface area contributed by atoms with Crippen molar-refractivity contribution >= 4 is 54.0 Å². The zero-order valence-corrected chi connectivity index (χ0v) is 19.0. The molecule has 0 spiro atoms. The Labute approximate surface area is 188 Å². The number of carbonyl (C=O) groups is 1. The molecule has 3 aromatic rings. The Balaban J connectivity index is 1.85. The van der Waals surface area contributed by atoms with E-state index in [9.17, 15) is 13.2 Å². The number of halogens is 1. The highest BCUT2D eigenvalue weighted by Gasteiger charge is 2.31. The summed E-state index contributed by atoms with van der Waals surface area (Å²) in [6, 6.07) is 13.7. The number of anilines is 2. The van der Waals surface area contributed by atoms with E-state index in [0.29, 0.717) is 41.0 Å². The van der Waals surface area contributed by atoms with Crippen molar-refractivity contribution in [3.05, 3.63) is 58.6 Å². The maximum absolute atomic E-state index is 13.2. The normalized spacial score (nSPS) is 16.8. The van der Waals surface area contributed by atoms with E-state index in [1.807, 2.05) is 6.07 Å². The number of hydrogen-bond acceptors (Lipinski definition) is 8. The lowest BCUT2D eigenvalue weighted by atomic mass is 10.1. The van der Waals surface area contributed by atoms with Gasteiger partial charge >= 0.3 is 5.97 Å². The first-order valence-electron chi connectivity index (χ1n) is 9.50. The zero-order valence-electron chi connectivity index (χ0n) is 16.6. The highest BCUT2D eigenvalue weighted by Crippen LogP contribution is 2.32. The van der Waals surface area contributed by atoms with Gasteiger partial charge in [-0.05, 0) is 36.4 Å². The van der Waals surface area contributed by atoms with Crippen LogP contribution < -0.4 is 10.6 Å². The molecule has 8 nitrogen and oxygen atoms in total. The SMILES string of the molecule is COC(=O)c1ccccc1Nc1cc(S(=O)(=O)C2COCCN2)nc2ccc(Br)cc12. The molecule has 4 rings (SSSR count). The van der Waals surface area contributed by atoms with Gasteiger partial charge in [-0.25, -0.2) is 18.2 Å². The number of fused-ring (bicyclic) bond motifs is 1. The molecule has 2 aromatic carbocycles. The van der Waals surface area contributed by atoms with Crippen LogP contribution in [-0.4, -0.2) is 51.6 Å². The summed E-state index contributed by atoms with van der Waals surface area (Å²) in [6.45, 7) is 0.959. The van der Waals surface area contributed by atoms with Gasteiger partial charge in [0.2, 0.25) is 9.84 Å². The fourth-order valence-corrected chi connectivity index (χ4v) is 5.11. The van der Waals surface area contributed by atoms with E-state index in [-0.39, 0.29) is 11.6 Å². The molecule has 1 aromatic heterocycles. The summed E-state index contributed by atoms with van der Waals surface area (Å²) in [6.07, 6.45) is 0. The summed E-state index contributed by atoms with van der Waals surface area (Å²) in [5.74, 6) is -0.501.